The first-order valence-electron chi connectivity index (χ1n) is 11.4. The van der Waals surface area contributed by atoms with E-state index in [2.05, 4.69) is 5.32 Å². The van der Waals surface area contributed by atoms with Gasteiger partial charge in [-0.1, -0.05) is 13.8 Å². The van der Waals surface area contributed by atoms with E-state index in [1.165, 1.54) is 0 Å². The van der Waals surface area contributed by atoms with Gasteiger partial charge in [-0.2, -0.15) is 0 Å². The van der Waals surface area contributed by atoms with Gasteiger partial charge < -0.3 is 55.9 Å². The predicted molar refractivity (Wildman–Crippen MR) is 112 cm³/mol. The van der Waals surface area contributed by atoms with Gasteiger partial charge in [-0.15, -0.1) is 0 Å². The van der Waals surface area contributed by atoms with Crippen molar-refractivity contribution in [2.24, 2.45) is 17.6 Å². The van der Waals surface area contributed by atoms with E-state index in [-0.39, 0.29) is 12.5 Å². The molecule has 11 heteroatoms. The number of nitrogens with one attached hydrogen (secondary N) is 1. The van der Waals surface area contributed by atoms with E-state index in [1.807, 2.05) is 6.92 Å². The summed E-state index contributed by atoms with van der Waals surface area (Å²) in [6.07, 6.45) is -9.29. The number of ether oxygens (including phenoxy) is 3. The highest BCUT2D eigenvalue weighted by Crippen LogP contribution is 2.39. The molecule has 14 unspecified atom stereocenters. The normalized spacial score (nSPS) is 55.0. The lowest BCUT2D eigenvalue weighted by atomic mass is 9.70. The number of hydrogen-bond donors (Lipinski definition) is 8. The summed E-state index contributed by atoms with van der Waals surface area (Å²) in [5, 5.41) is 66.4. The lowest BCUT2D eigenvalue weighted by Crippen LogP contribution is -2.68. The second-order valence-corrected chi connectivity index (χ2v) is 9.86. The minimum Gasteiger partial charge on any atom is -0.390 e. The summed E-state index contributed by atoms with van der Waals surface area (Å²) in [5.74, 6) is -0.993. The fourth-order valence-electron chi connectivity index (χ4n) is 5.54. The molecule has 32 heavy (non-hydrogen) atoms. The number of likely N-dealkylation sites (N-methyl/N-ethyl adjacent to an activating group) is 1. The molecule has 188 valence electrons. The molecule has 2 saturated heterocycles. The van der Waals surface area contributed by atoms with Crippen molar-refractivity contribution in [3.8, 4) is 0 Å². The molecule has 0 radical (unpaired) electrons. The van der Waals surface area contributed by atoms with Crippen LogP contribution in [0.15, 0.2) is 0 Å². The standard InChI is InChI=1S/C21H40N2O9/c1-5-10-12(24)14(26)15(27)18(31-10)11-9(22)6-8(2)17(13(11)25)32-20-16(28)19(23-4)21(3,29)7-30-20/h8-20,23-29H,5-7,22H2,1-4H3. The Kier molecular flexibility index (Phi) is 8.21. The van der Waals surface area contributed by atoms with Crippen LogP contribution in [0.2, 0.25) is 0 Å². The molecule has 0 bridgehead atoms. The van der Waals surface area contributed by atoms with Gasteiger partial charge >= 0.3 is 0 Å². The molecule has 11 nitrogen and oxygen atoms in total. The van der Waals surface area contributed by atoms with Crippen LogP contribution in [-0.2, 0) is 14.2 Å². The zero-order valence-corrected chi connectivity index (χ0v) is 19.1. The SMILES string of the molecule is CCC1OC(C2C(N)CC(C)C(OC3OCC(C)(O)C(NC)C3O)C2O)C(O)C(O)C1O. The molecule has 0 aromatic heterocycles. The number of nitrogens with two attached hydrogens (primary N) is 1. The van der Waals surface area contributed by atoms with Crippen LogP contribution < -0.4 is 11.1 Å². The van der Waals surface area contributed by atoms with E-state index in [0.717, 1.165) is 0 Å². The highest BCUT2D eigenvalue weighted by Gasteiger charge is 2.54. The van der Waals surface area contributed by atoms with Gasteiger partial charge in [-0.25, -0.2) is 0 Å². The van der Waals surface area contributed by atoms with Gasteiger partial charge in [0.1, 0.15) is 30.0 Å². The molecule has 0 aromatic rings. The van der Waals surface area contributed by atoms with Crippen LogP contribution >= 0.6 is 0 Å². The number of hydrogen-bond acceptors (Lipinski definition) is 11. The molecule has 9 N–H and O–H groups in total. The summed E-state index contributed by atoms with van der Waals surface area (Å²) in [6, 6.07) is -1.26. The molecule has 1 aliphatic carbocycles. The third-order valence-electron chi connectivity index (χ3n) is 7.39. The van der Waals surface area contributed by atoms with E-state index < -0.39 is 78.7 Å². The Morgan fingerprint density at radius 3 is 2.31 bits per heavy atom. The minimum absolute atomic E-state index is 0.0763. The van der Waals surface area contributed by atoms with Crippen molar-refractivity contribution in [2.45, 2.75) is 106 Å². The van der Waals surface area contributed by atoms with Crippen LogP contribution in [0, 0.1) is 11.8 Å². The Bertz CT molecular complexity index is 624. The Hall–Kier alpha value is -0.440. The molecule has 0 aromatic carbocycles. The average molecular weight is 465 g/mol. The first-order valence-corrected chi connectivity index (χ1v) is 11.4. The molecule has 1 saturated carbocycles. The monoisotopic (exact) mass is 464 g/mol. The van der Waals surface area contributed by atoms with Crippen LogP contribution in [0.3, 0.4) is 0 Å². The first kappa shape index (κ1) is 26.2. The molecule has 2 heterocycles. The van der Waals surface area contributed by atoms with Crippen LogP contribution in [-0.4, -0.2) is 117 Å². The zero-order chi connectivity index (χ0) is 24.0. The van der Waals surface area contributed by atoms with Crippen LogP contribution in [0.4, 0.5) is 0 Å². The summed E-state index contributed by atoms with van der Waals surface area (Å²) in [5.41, 5.74) is 5.04. The fourth-order valence-corrected chi connectivity index (χ4v) is 5.54. The molecule has 3 aliphatic rings. The van der Waals surface area contributed by atoms with Gasteiger partial charge in [-0.05, 0) is 32.7 Å². The molecule has 2 aliphatic heterocycles. The van der Waals surface area contributed by atoms with Crippen molar-refractivity contribution in [3.05, 3.63) is 0 Å². The molecule has 0 spiro atoms. The largest absolute Gasteiger partial charge is 0.390 e. The van der Waals surface area contributed by atoms with Crippen molar-refractivity contribution in [1.29, 1.82) is 0 Å². The van der Waals surface area contributed by atoms with Gasteiger partial charge in [0.15, 0.2) is 6.29 Å². The predicted octanol–water partition coefficient (Wildman–Crippen LogP) is -2.97. The van der Waals surface area contributed by atoms with Crippen LogP contribution in [0.5, 0.6) is 0 Å². The second kappa shape index (κ2) is 10.0. The smallest absolute Gasteiger partial charge is 0.185 e. The molecule has 0 amide bonds. The average Bonchev–Trinajstić information content (AvgIpc) is 2.72. The summed E-state index contributed by atoms with van der Waals surface area (Å²) in [7, 11) is 1.61. The van der Waals surface area contributed by atoms with Crippen molar-refractivity contribution in [2.75, 3.05) is 13.7 Å². The quantitative estimate of drug-likeness (QED) is 0.208. The van der Waals surface area contributed by atoms with E-state index in [9.17, 15) is 30.6 Å². The molecule has 3 rings (SSSR count). The lowest BCUT2D eigenvalue weighted by Gasteiger charge is -2.51. The summed E-state index contributed by atoms with van der Waals surface area (Å²) >= 11 is 0. The van der Waals surface area contributed by atoms with E-state index in [1.54, 1.807) is 20.9 Å². The second-order valence-electron chi connectivity index (χ2n) is 9.86. The summed E-state index contributed by atoms with van der Waals surface area (Å²) < 4.78 is 17.5. The molecule has 14 atom stereocenters. The van der Waals surface area contributed by atoms with E-state index >= 15 is 0 Å². The maximum Gasteiger partial charge on any atom is 0.185 e. The molecular weight excluding hydrogens is 424 g/mol. The van der Waals surface area contributed by atoms with Gasteiger partial charge in [-0.3, -0.25) is 0 Å². The third-order valence-corrected chi connectivity index (χ3v) is 7.39. The van der Waals surface area contributed by atoms with Gasteiger partial charge in [0, 0.05) is 12.0 Å². The molecular formula is C21H40N2O9. The first-order chi connectivity index (χ1) is 14.9. The van der Waals surface area contributed by atoms with Crippen LogP contribution in [0.1, 0.15) is 33.6 Å². The zero-order valence-electron chi connectivity index (χ0n) is 19.1. The topological polar surface area (TPSA) is 187 Å². The van der Waals surface area contributed by atoms with E-state index in [4.69, 9.17) is 19.9 Å². The minimum atomic E-state index is -1.44. The Morgan fingerprint density at radius 1 is 1.06 bits per heavy atom. The number of rotatable bonds is 5. The van der Waals surface area contributed by atoms with Crippen LogP contribution in [0.25, 0.3) is 0 Å². The van der Waals surface area contributed by atoms with Crippen molar-refractivity contribution >= 4 is 0 Å². The Morgan fingerprint density at radius 2 is 1.72 bits per heavy atom. The van der Waals surface area contributed by atoms with E-state index in [0.29, 0.717) is 12.8 Å². The van der Waals surface area contributed by atoms with Gasteiger partial charge in [0.05, 0.1) is 37.1 Å². The highest BCUT2D eigenvalue weighted by atomic mass is 16.7. The fraction of sp³-hybridized carbons (Fsp3) is 1.00. The number of aliphatic hydroxyl groups is 6. The maximum atomic E-state index is 11.3. The highest BCUT2D eigenvalue weighted by molar-refractivity contribution is 5.04. The van der Waals surface area contributed by atoms with Gasteiger partial charge in [0.25, 0.3) is 0 Å². The summed E-state index contributed by atoms with van der Waals surface area (Å²) in [4.78, 5) is 0. The molecule has 3 fully saturated rings. The third kappa shape index (κ3) is 4.71. The maximum absolute atomic E-state index is 11.3. The summed E-state index contributed by atoms with van der Waals surface area (Å²) in [6.45, 7) is 5.12. The lowest BCUT2D eigenvalue weighted by molar-refractivity contribution is -0.306. The Labute approximate surface area is 188 Å². The van der Waals surface area contributed by atoms with Crippen molar-refractivity contribution < 1.29 is 44.8 Å². The van der Waals surface area contributed by atoms with Gasteiger partial charge in [0.2, 0.25) is 0 Å². The Balaban J connectivity index is 1.79. The van der Waals surface area contributed by atoms with Crippen molar-refractivity contribution in [1.82, 2.24) is 5.32 Å². The van der Waals surface area contributed by atoms with Crippen molar-refractivity contribution in [3.63, 3.8) is 0 Å². The number of aliphatic hydroxyl groups excluding tert-OH is 5.